The molecule has 0 spiro atoms. The van der Waals surface area contributed by atoms with Crippen LogP contribution < -0.4 is 10.1 Å². The molecule has 6 nitrogen and oxygen atoms in total. The Balaban J connectivity index is 1.30. The molecule has 3 fully saturated rings. The number of carbonyl (C=O) groups excluding carboxylic acids is 2. The first kappa shape index (κ1) is 16.2. The van der Waals surface area contributed by atoms with Crippen LogP contribution in [0, 0.1) is 5.92 Å². The molecule has 0 radical (unpaired) electrons. The van der Waals surface area contributed by atoms with Gasteiger partial charge < -0.3 is 19.9 Å². The first-order valence-electron chi connectivity index (χ1n) is 9.14. The van der Waals surface area contributed by atoms with Gasteiger partial charge in [0, 0.05) is 38.1 Å². The van der Waals surface area contributed by atoms with Gasteiger partial charge in [-0.1, -0.05) is 12.1 Å². The fourth-order valence-electron chi connectivity index (χ4n) is 4.15. The van der Waals surface area contributed by atoms with Gasteiger partial charge in [-0.05, 0) is 42.9 Å². The molecule has 1 aliphatic carbocycles. The Hall–Kier alpha value is -2.24. The monoisotopic (exact) mass is 343 g/mol. The lowest BCUT2D eigenvalue weighted by atomic mass is 10.0. The number of urea groups is 1. The summed E-state index contributed by atoms with van der Waals surface area (Å²) < 4.78 is 5.19. The number of ether oxygens (including phenoxy) is 1. The summed E-state index contributed by atoms with van der Waals surface area (Å²) in [5, 5.41) is 2.86. The van der Waals surface area contributed by atoms with E-state index in [1.54, 1.807) is 7.11 Å². The van der Waals surface area contributed by atoms with E-state index in [1.165, 1.54) is 5.56 Å². The Morgan fingerprint density at radius 1 is 1.16 bits per heavy atom. The van der Waals surface area contributed by atoms with Crippen LogP contribution in [0.15, 0.2) is 24.3 Å². The summed E-state index contributed by atoms with van der Waals surface area (Å²) in [6.07, 6.45) is 2.72. The summed E-state index contributed by atoms with van der Waals surface area (Å²) in [7, 11) is 1.66. The van der Waals surface area contributed by atoms with Crippen LogP contribution in [-0.4, -0.2) is 61.1 Å². The third kappa shape index (κ3) is 3.17. The maximum Gasteiger partial charge on any atom is 0.317 e. The smallest absolute Gasteiger partial charge is 0.317 e. The second kappa shape index (κ2) is 6.58. The summed E-state index contributed by atoms with van der Waals surface area (Å²) in [6, 6.07) is 8.38. The first-order valence-corrected chi connectivity index (χ1v) is 9.14. The maximum absolute atomic E-state index is 12.8. The zero-order chi connectivity index (χ0) is 17.4. The number of hydrogen-bond acceptors (Lipinski definition) is 3. The summed E-state index contributed by atoms with van der Waals surface area (Å²) in [6.45, 7) is 3.06. The molecular formula is C19H25N3O3. The molecule has 1 aromatic rings. The fraction of sp³-hybridized carbons (Fsp3) is 0.579. The van der Waals surface area contributed by atoms with E-state index >= 15 is 0 Å². The predicted octanol–water partition coefficient (Wildman–Crippen LogP) is 1.81. The van der Waals surface area contributed by atoms with Crippen LogP contribution in [-0.2, 0) is 4.79 Å². The molecule has 1 saturated carbocycles. The van der Waals surface area contributed by atoms with Gasteiger partial charge in [-0.3, -0.25) is 4.79 Å². The SMILES string of the molecule is COc1ccc([C@H]2C[C@H]2C(=O)N2CCC(N3CCNC3=O)CC2)cc1. The highest BCUT2D eigenvalue weighted by Crippen LogP contribution is 2.49. The van der Waals surface area contributed by atoms with Gasteiger partial charge in [0.2, 0.25) is 5.91 Å². The fourth-order valence-corrected chi connectivity index (χ4v) is 4.15. The van der Waals surface area contributed by atoms with Crippen LogP contribution in [0.3, 0.4) is 0 Å². The number of hydrogen-bond donors (Lipinski definition) is 1. The number of likely N-dealkylation sites (tertiary alicyclic amines) is 1. The maximum atomic E-state index is 12.8. The minimum absolute atomic E-state index is 0.0477. The van der Waals surface area contributed by atoms with Crippen molar-refractivity contribution in [2.24, 2.45) is 5.92 Å². The zero-order valence-electron chi connectivity index (χ0n) is 14.6. The van der Waals surface area contributed by atoms with Crippen molar-refractivity contribution in [3.63, 3.8) is 0 Å². The number of nitrogens with zero attached hydrogens (tertiary/aromatic N) is 2. The largest absolute Gasteiger partial charge is 0.497 e. The molecule has 0 bridgehead atoms. The Morgan fingerprint density at radius 3 is 2.48 bits per heavy atom. The summed E-state index contributed by atoms with van der Waals surface area (Å²) in [5.74, 6) is 1.60. The van der Waals surface area contributed by atoms with Crippen molar-refractivity contribution < 1.29 is 14.3 Å². The van der Waals surface area contributed by atoms with E-state index in [0.717, 1.165) is 51.2 Å². The molecule has 2 heterocycles. The molecule has 4 rings (SSSR count). The third-order valence-corrected chi connectivity index (χ3v) is 5.76. The first-order chi connectivity index (χ1) is 12.2. The third-order valence-electron chi connectivity index (χ3n) is 5.76. The molecule has 0 unspecified atom stereocenters. The van der Waals surface area contributed by atoms with Crippen molar-refractivity contribution in [2.45, 2.75) is 31.2 Å². The van der Waals surface area contributed by atoms with Crippen LogP contribution in [0.2, 0.25) is 0 Å². The van der Waals surface area contributed by atoms with Gasteiger partial charge in [-0.15, -0.1) is 0 Å². The van der Waals surface area contributed by atoms with Crippen LogP contribution in [0.4, 0.5) is 4.79 Å². The molecule has 1 N–H and O–H groups in total. The van der Waals surface area contributed by atoms with Crippen molar-refractivity contribution in [1.82, 2.24) is 15.1 Å². The standard InChI is InChI=1S/C19H25N3O3/c1-25-15-4-2-13(3-5-15)16-12-17(16)18(23)21-9-6-14(7-10-21)22-11-8-20-19(22)24/h2-5,14,16-17H,6-12H2,1H3,(H,20,24)/t16-,17-/m1/s1. The number of rotatable bonds is 4. The van der Waals surface area contributed by atoms with E-state index in [1.807, 2.05) is 21.9 Å². The van der Waals surface area contributed by atoms with E-state index < -0.39 is 0 Å². The summed E-state index contributed by atoms with van der Waals surface area (Å²) >= 11 is 0. The van der Waals surface area contributed by atoms with Gasteiger partial charge in [-0.2, -0.15) is 0 Å². The second-order valence-corrected chi connectivity index (χ2v) is 7.20. The molecular weight excluding hydrogens is 318 g/mol. The lowest BCUT2D eigenvalue weighted by molar-refractivity contribution is -0.134. The number of amides is 3. The molecule has 0 aromatic heterocycles. The van der Waals surface area contributed by atoms with Crippen LogP contribution in [0.1, 0.15) is 30.7 Å². The molecule has 3 amide bonds. The van der Waals surface area contributed by atoms with E-state index in [9.17, 15) is 9.59 Å². The van der Waals surface area contributed by atoms with Crippen LogP contribution in [0.5, 0.6) is 5.75 Å². The summed E-state index contributed by atoms with van der Waals surface area (Å²) in [4.78, 5) is 28.5. The number of carbonyl (C=O) groups is 2. The normalized spacial score (nSPS) is 26.5. The van der Waals surface area contributed by atoms with Crippen LogP contribution >= 0.6 is 0 Å². The van der Waals surface area contributed by atoms with Gasteiger partial charge in [0.05, 0.1) is 7.11 Å². The van der Waals surface area contributed by atoms with E-state index in [-0.39, 0.29) is 23.9 Å². The quantitative estimate of drug-likeness (QED) is 0.907. The Labute approximate surface area is 148 Å². The van der Waals surface area contributed by atoms with E-state index in [2.05, 4.69) is 17.4 Å². The highest BCUT2D eigenvalue weighted by Gasteiger charge is 2.46. The number of nitrogens with one attached hydrogen (secondary N) is 1. The lowest BCUT2D eigenvalue weighted by Crippen LogP contribution is -2.48. The van der Waals surface area contributed by atoms with E-state index in [0.29, 0.717) is 5.92 Å². The highest BCUT2D eigenvalue weighted by atomic mass is 16.5. The molecule has 134 valence electrons. The molecule has 2 atom stereocenters. The average molecular weight is 343 g/mol. The van der Waals surface area contributed by atoms with Gasteiger partial charge in [0.15, 0.2) is 0 Å². The minimum Gasteiger partial charge on any atom is -0.497 e. The summed E-state index contributed by atoms with van der Waals surface area (Å²) in [5.41, 5.74) is 1.22. The zero-order valence-corrected chi connectivity index (χ0v) is 14.6. The topological polar surface area (TPSA) is 61.9 Å². The van der Waals surface area contributed by atoms with Gasteiger partial charge >= 0.3 is 6.03 Å². The molecule has 3 aliphatic rings. The average Bonchev–Trinajstić information content (AvgIpc) is 3.35. The number of piperidine rings is 1. The molecule has 2 saturated heterocycles. The van der Waals surface area contributed by atoms with Crippen molar-refractivity contribution >= 4 is 11.9 Å². The Bertz CT molecular complexity index is 652. The number of benzene rings is 1. The van der Waals surface area contributed by atoms with Gasteiger partial charge in [-0.25, -0.2) is 4.79 Å². The minimum atomic E-state index is 0.0477. The van der Waals surface area contributed by atoms with Gasteiger partial charge in [0.25, 0.3) is 0 Å². The molecule has 25 heavy (non-hydrogen) atoms. The van der Waals surface area contributed by atoms with Crippen molar-refractivity contribution in [3.8, 4) is 5.75 Å². The van der Waals surface area contributed by atoms with Crippen molar-refractivity contribution in [1.29, 1.82) is 0 Å². The van der Waals surface area contributed by atoms with Crippen molar-refractivity contribution in [3.05, 3.63) is 29.8 Å². The lowest BCUT2D eigenvalue weighted by Gasteiger charge is -2.36. The van der Waals surface area contributed by atoms with E-state index in [4.69, 9.17) is 4.74 Å². The highest BCUT2D eigenvalue weighted by molar-refractivity contribution is 5.83. The molecule has 6 heteroatoms. The number of methoxy groups -OCH3 is 1. The predicted molar refractivity (Wildman–Crippen MR) is 93.5 cm³/mol. The van der Waals surface area contributed by atoms with Crippen molar-refractivity contribution in [2.75, 3.05) is 33.3 Å². The van der Waals surface area contributed by atoms with Gasteiger partial charge in [0.1, 0.15) is 5.75 Å². The molecule has 2 aliphatic heterocycles. The molecule has 1 aromatic carbocycles. The Kier molecular flexibility index (Phi) is 4.27. The Morgan fingerprint density at radius 2 is 1.88 bits per heavy atom. The van der Waals surface area contributed by atoms with Crippen LogP contribution in [0.25, 0.3) is 0 Å². The second-order valence-electron chi connectivity index (χ2n) is 7.20.